The highest BCUT2D eigenvalue weighted by atomic mass is 16.6. The van der Waals surface area contributed by atoms with E-state index in [0.717, 1.165) is 23.3 Å². The van der Waals surface area contributed by atoms with Crippen LogP contribution in [0.2, 0.25) is 0 Å². The van der Waals surface area contributed by atoms with E-state index >= 15 is 0 Å². The van der Waals surface area contributed by atoms with Crippen molar-refractivity contribution in [3.63, 3.8) is 0 Å². The fourth-order valence-electron chi connectivity index (χ4n) is 4.68. The first kappa shape index (κ1) is 28.7. The lowest BCUT2D eigenvalue weighted by molar-refractivity contribution is 0.0564. The van der Waals surface area contributed by atoms with Gasteiger partial charge in [0.2, 0.25) is 17.1 Å². The maximum Gasteiger partial charge on any atom is 0.238 e. The Kier molecular flexibility index (Phi) is 9.76. The largest absolute Gasteiger partial charge is 0.488 e. The number of ether oxygens (including phenoxy) is 3. The van der Waals surface area contributed by atoms with E-state index < -0.39 is 11.7 Å². The van der Waals surface area contributed by atoms with E-state index in [2.05, 4.69) is 44.0 Å². The fourth-order valence-corrected chi connectivity index (χ4v) is 4.68. The highest BCUT2D eigenvalue weighted by Gasteiger charge is 2.58. The van der Waals surface area contributed by atoms with Crippen molar-refractivity contribution >= 4 is 0 Å². The van der Waals surface area contributed by atoms with Crippen LogP contribution < -0.4 is 14.9 Å². The van der Waals surface area contributed by atoms with Crippen LogP contribution in [0.3, 0.4) is 0 Å². The molecule has 2 N–H and O–H groups in total. The molecule has 1 fully saturated rings. The molecule has 0 aromatic carbocycles. The standard InChI is InChI=1S/C29H43NO5/c1-11-20(5)27-29(8,35-27)26(32)21(6)16-19(4)15-18(3)14-17(2)12-13-23-22(7)24(31)25(33-9)28(30-23)34-10/h11-12,15-16,21,26-27,32H,13-14H2,1-10H3,(H,30,31)/b17-12+,18-15+,19-16+,20-11+/t21-,26-,27+,29+/m1/s1. The van der Waals surface area contributed by atoms with E-state index in [9.17, 15) is 9.90 Å². The number of H-pyrrole nitrogens is 1. The van der Waals surface area contributed by atoms with Crippen molar-refractivity contribution in [2.24, 2.45) is 5.92 Å². The summed E-state index contributed by atoms with van der Waals surface area (Å²) in [6.07, 6.45) is 9.29. The third kappa shape index (κ3) is 6.77. The van der Waals surface area contributed by atoms with Gasteiger partial charge in [0.05, 0.1) is 20.3 Å². The smallest absolute Gasteiger partial charge is 0.238 e. The predicted octanol–water partition coefficient (Wildman–Crippen LogP) is 5.59. The zero-order chi connectivity index (χ0) is 26.5. The Balaban J connectivity index is 2.05. The van der Waals surface area contributed by atoms with Crippen LogP contribution in [0.4, 0.5) is 0 Å². The molecule has 35 heavy (non-hydrogen) atoms. The zero-order valence-corrected chi connectivity index (χ0v) is 23.0. The first-order valence-corrected chi connectivity index (χ1v) is 12.2. The van der Waals surface area contributed by atoms with Gasteiger partial charge < -0.3 is 24.3 Å². The molecule has 6 heteroatoms. The third-order valence-corrected chi connectivity index (χ3v) is 6.88. The van der Waals surface area contributed by atoms with Gasteiger partial charge in [0.15, 0.2) is 0 Å². The second-order valence-electron chi connectivity index (χ2n) is 9.98. The van der Waals surface area contributed by atoms with Gasteiger partial charge in [-0.1, -0.05) is 47.9 Å². The van der Waals surface area contributed by atoms with E-state index in [-0.39, 0.29) is 23.2 Å². The van der Waals surface area contributed by atoms with E-state index in [0.29, 0.717) is 17.9 Å². The van der Waals surface area contributed by atoms with Gasteiger partial charge in [-0.25, -0.2) is 0 Å². The maximum atomic E-state index is 12.5. The minimum Gasteiger partial charge on any atom is -0.488 e. The van der Waals surface area contributed by atoms with Crippen LogP contribution in [0.1, 0.15) is 66.1 Å². The number of hydrogen-bond acceptors (Lipinski definition) is 5. The molecule has 0 saturated carbocycles. The summed E-state index contributed by atoms with van der Waals surface area (Å²) < 4.78 is 16.3. The second-order valence-corrected chi connectivity index (χ2v) is 9.98. The third-order valence-electron chi connectivity index (χ3n) is 6.88. The molecule has 1 aliphatic rings. The number of epoxide rings is 1. The van der Waals surface area contributed by atoms with Gasteiger partial charge in [0.25, 0.3) is 0 Å². The predicted molar refractivity (Wildman–Crippen MR) is 142 cm³/mol. The van der Waals surface area contributed by atoms with Gasteiger partial charge in [-0.2, -0.15) is 0 Å². The Bertz CT molecular complexity index is 1090. The molecule has 2 rings (SSSR count). The monoisotopic (exact) mass is 485 g/mol. The Morgan fingerprint density at radius 3 is 2.43 bits per heavy atom. The number of aliphatic hydroxyl groups excluding tert-OH is 1. The molecule has 2 heterocycles. The molecular weight excluding hydrogens is 442 g/mol. The molecule has 0 amide bonds. The lowest BCUT2D eigenvalue weighted by Crippen LogP contribution is -2.34. The number of aliphatic hydroxyl groups is 1. The summed E-state index contributed by atoms with van der Waals surface area (Å²) in [6, 6.07) is 0. The van der Waals surface area contributed by atoms with Crippen LogP contribution in [0.25, 0.3) is 0 Å². The average molecular weight is 486 g/mol. The van der Waals surface area contributed by atoms with Crippen molar-refractivity contribution in [1.82, 2.24) is 4.98 Å². The fraction of sp³-hybridized carbons (Fsp3) is 0.552. The quantitative estimate of drug-likeness (QED) is 0.242. The van der Waals surface area contributed by atoms with Crippen LogP contribution in [-0.2, 0) is 11.2 Å². The summed E-state index contributed by atoms with van der Waals surface area (Å²) in [5.41, 5.74) is 5.47. The minimum absolute atomic E-state index is 0.00651. The lowest BCUT2D eigenvalue weighted by atomic mass is 9.87. The maximum absolute atomic E-state index is 12.5. The number of allylic oxidation sites excluding steroid dienone is 6. The van der Waals surface area contributed by atoms with E-state index in [1.165, 1.54) is 25.4 Å². The normalized spacial score (nSPS) is 23.2. The number of methoxy groups -OCH3 is 2. The summed E-state index contributed by atoms with van der Waals surface area (Å²) in [7, 11) is 2.97. The number of hydrogen-bond donors (Lipinski definition) is 2. The summed E-state index contributed by atoms with van der Waals surface area (Å²) in [6.45, 7) is 16.1. The van der Waals surface area contributed by atoms with Crippen molar-refractivity contribution < 1.29 is 19.3 Å². The molecule has 1 aromatic rings. The molecule has 0 radical (unpaired) electrons. The molecule has 4 atom stereocenters. The first-order valence-electron chi connectivity index (χ1n) is 12.2. The molecule has 1 aliphatic heterocycles. The van der Waals surface area contributed by atoms with Gasteiger partial charge in [-0.05, 0) is 60.5 Å². The molecule has 0 bridgehead atoms. The van der Waals surface area contributed by atoms with E-state index in [1.807, 2.05) is 33.8 Å². The average Bonchev–Trinajstić information content (AvgIpc) is 3.51. The van der Waals surface area contributed by atoms with Crippen LogP contribution in [0, 0.1) is 12.8 Å². The van der Waals surface area contributed by atoms with Gasteiger partial charge in [-0.3, -0.25) is 4.79 Å². The zero-order valence-electron chi connectivity index (χ0n) is 23.0. The number of rotatable bonds is 11. The minimum atomic E-state index is -0.570. The van der Waals surface area contributed by atoms with Crippen molar-refractivity contribution in [2.75, 3.05) is 14.2 Å². The van der Waals surface area contributed by atoms with Crippen molar-refractivity contribution in [3.8, 4) is 11.6 Å². The van der Waals surface area contributed by atoms with Crippen molar-refractivity contribution in [3.05, 3.63) is 68.1 Å². The molecule has 1 saturated heterocycles. The summed E-state index contributed by atoms with van der Waals surface area (Å²) >= 11 is 0. The summed E-state index contributed by atoms with van der Waals surface area (Å²) in [5, 5.41) is 10.9. The van der Waals surface area contributed by atoms with Gasteiger partial charge in [-0.15, -0.1) is 0 Å². The van der Waals surface area contributed by atoms with E-state index in [4.69, 9.17) is 14.2 Å². The van der Waals surface area contributed by atoms with Gasteiger partial charge >= 0.3 is 0 Å². The van der Waals surface area contributed by atoms with Crippen LogP contribution in [-0.4, -0.2) is 42.1 Å². The molecule has 0 spiro atoms. The highest BCUT2D eigenvalue weighted by Crippen LogP contribution is 2.45. The summed E-state index contributed by atoms with van der Waals surface area (Å²) in [5.74, 6) is 0.514. The van der Waals surface area contributed by atoms with E-state index in [1.54, 1.807) is 6.92 Å². The molecule has 0 unspecified atom stereocenters. The number of aromatic nitrogens is 1. The molecular formula is C29H43NO5. The molecule has 1 aromatic heterocycles. The molecule has 0 aliphatic carbocycles. The van der Waals surface area contributed by atoms with Crippen LogP contribution in [0.15, 0.2) is 51.4 Å². The number of aromatic amines is 1. The van der Waals surface area contributed by atoms with Gasteiger partial charge in [0.1, 0.15) is 11.7 Å². The number of nitrogens with one attached hydrogen (secondary N) is 1. The molecule has 6 nitrogen and oxygen atoms in total. The van der Waals surface area contributed by atoms with Crippen LogP contribution in [0.5, 0.6) is 11.6 Å². The first-order chi connectivity index (χ1) is 16.4. The SMILES string of the molecule is C/C=C(\C)[C@@H]1O[C@@]1(C)[C@H](O)[C@H](C)/C=C(C)/C=C(\C)C/C(C)=C/Cc1[nH]c(OC)c(OC)c(=O)c1C. The highest BCUT2D eigenvalue weighted by molar-refractivity contribution is 5.40. The molecule has 194 valence electrons. The Hall–Kier alpha value is -2.57. The van der Waals surface area contributed by atoms with Crippen molar-refractivity contribution in [2.45, 2.75) is 86.0 Å². The Morgan fingerprint density at radius 2 is 1.86 bits per heavy atom. The number of pyridine rings is 1. The Labute approximate surface area is 210 Å². The Morgan fingerprint density at radius 1 is 1.20 bits per heavy atom. The second kappa shape index (κ2) is 11.9. The van der Waals surface area contributed by atoms with Gasteiger partial charge in [0, 0.05) is 23.6 Å². The topological polar surface area (TPSA) is 84.1 Å². The lowest BCUT2D eigenvalue weighted by Gasteiger charge is -2.21. The summed E-state index contributed by atoms with van der Waals surface area (Å²) in [4.78, 5) is 15.7. The van der Waals surface area contributed by atoms with Crippen molar-refractivity contribution in [1.29, 1.82) is 0 Å². The van der Waals surface area contributed by atoms with Crippen LogP contribution >= 0.6 is 0 Å².